The Bertz CT molecular complexity index is 2760. The average Bonchev–Trinajstić information content (AvgIpc) is 4.19. The number of hydrogen-bond donors (Lipinski definition) is 5. The van der Waals surface area contributed by atoms with E-state index in [4.69, 9.17) is 19.4 Å². The summed E-state index contributed by atoms with van der Waals surface area (Å²) in [6.45, 7) is 1.08. The molecule has 0 spiro atoms. The summed E-state index contributed by atoms with van der Waals surface area (Å²) in [6, 6.07) is 32.5. The lowest BCUT2D eigenvalue weighted by Crippen LogP contribution is -2.42. The van der Waals surface area contributed by atoms with Crippen molar-refractivity contribution < 1.29 is 28.7 Å². The zero-order chi connectivity index (χ0) is 43.5. The van der Waals surface area contributed by atoms with Crippen LogP contribution in [0.5, 0.6) is 0 Å². The van der Waals surface area contributed by atoms with E-state index in [1.807, 2.05) is 78.9 Å². The largest absolute Gasteiger partial charge is 0.453 e. The lowest BCUT2D eigenvalue weighted by Gasteiger charge is -2.28. The van der Waals surface area contributed by atoms with Gasteiger partial charge in [0.15, 0.2) is 0 Å². The van der Waals surface area contributed by atoms with Gasteiger partial charge in [0.25, 0.3) is 11.8 Å². The van der Waals surface area contributed by atoms with Crippen molar-refractivity contribution in [3.8, 4) is 33.8 Å². The van der Waals surface area contributed by atoms with Crippen LogP contribution in [-0.4, -0.2) is 86.0 Å². The first-order valence-electron chi connectivity index (χ1n) is 21.0. The number of nitrogens with zero attached hydrogens (tertiary/aromatic N) is 4. The molecule has 0 saturated carbocycles. The minimum atomic E-state index is -0.896. The van der Waals surface area contributed by atoms with Crippen LogP contribution in [0.4, 0.5) is 9.59 Å². The smallest absolute Gasteiger partial charge is 0.407 e. The van der Waals surface area contributed by atoms with E-state index < -0.39 is 24.3 Å². The summed E-state index contributed by atoms with van der Waals surface area (Å²) in [5, 5.41) is 6.48. The first kappa shape index (κ1) is 40.7. The van der Waals surface area contributed by atoms with Crippen molar-refractivity contribution in [2.75, 3.05) is 27.3 Å². The fourth-order valence-electron chi connectivity index (χ4n) is 8.79. The first-order valence-corrected chi connectivity index (χ1v) is 21.0. The summed E-state index contributed by atoms with van der Waals surface area (Å²) in [4.78, 5) is 76.2. The Balaban J connectivity index is 0.910. The van der Waals surface area contributed by atoms with E-state index in [-0.39, 0.29) is 23.9 Å². The van der Waals surface area contributed by atoms with Gasteiger partial charge in [-0.15, -0.1) is 0 Å². The molecule has 7 aromatic rings. The van der Waals surface area contributed by atoms with Gasteiger partial charge in [-0.1, -0.05) is 91.0 Å². The summed E-state index contributed by atoms with van der Waals surface area (Å²) >= 11 is 0. The molecule has 5 N–H and O–H groups in total. The second-order valence-electron chi connectivity index (χ2n) is 15.8. The molecule has 9 rings (SSSR count). The van der Waals surface area contributed by atoms with Crippen molar-refractivity contribution in [2.24, 2.45) is 0 Å². The van der Waals surface area contributed by atoms with Gasteiger partial charge in [0, 0.05) is 40.8 Å². The Morgan fingerprint density at radius 2 is 1.08 bits per heavy atom. The van der Waals surface area contributed by atoms with Crippen molar-refractivity contribution in [3.63, 3.8) is 0 Å². The molecule has 4 amide bonds. The minimum absolute atomic E-state index is 0.222. The maximum Gasteiger partial charge on any atom is 0.407 e. The Labute approximate surface area is 363 Å². The zero-order valence-corrected chi connectivity index (χ0v) is 34.8. The minimum Gasteiger partial charge on any atom is -0.453 e. The van der Waals surface area contributed by atoms with Crippen LogP contribution >= 0.6 is 0 Å². The van der Waals surface area contributed by atoms with E-state index in [9.17, 15) is 19.2 Å². The molecule has 0 radical (unpaired) electrons. The second-order valence-corrected chi connectivity index (χ2v) is 15.8. The van der Waals surface area contributed by atoms with Crippen LogP contribution in [0.15, 0.2) is 122 Å². The molecular weight excluding hydrogens is 799 g/mol. The number of ether oxygens (including phenoxy) is 2. The van der Waals surface area contributed by atoms with E-state index in [2.05, 4.69) is 55.9 Å². The Kier molecular flexibility index (Phi) is 11.5. The molecule has 5 heterocycles. The molecule has 3 aromatic heterocycles. The number of aromatic amines is 3. The topological polar surface area (TPSA) is 190 Å². The summed E-state index contributed by atoms with van der Waals surface area (Å²) < 4.78 is 9.69. The van der Waals surface area contributed by atoms with E-state index in [1.54, 1.807) is 22.2 Å². The molecule has 0 aliphatic carbocycles. The van der Waals surface area contributed by atoms with E-state index >= 15 is 0 Å². The first-order chi connectivity index (χ1) is 30.8. The number of aromatic nitrogens is 5. The number of methoxy groups -OCH3 is 2. The normalized spacial score (nSPS) is 17.0. The lowest BCUT2D eigenvalue weighted by atomic mass is 10.0. The number of nitrogens with one attached hydrogen (secondary N) is 5. The highest BCUT2D eigenvalue weighted by atomic mass is 16.5. The van der Waals surface area contributed by atoms with Gasteiger partial charge in [0.05, 0.1) is 50.1 Å². The van der Waals surface area contributed by atoms with Gasteiger partial charge in [0.2, 0.25) is 0 Å². The summed E-state index contributed by atoms with van der Waals surface area (Å²) in [5.41, 5.74) is 7.76. The quantitative estimate of drug-likeness (QED) is 0.0862. The summed E-state index contributed by atoms with van der Waals surface area (Å²) in [7, 11) is 2.56. The van der Waals surface area contributed by atoms with Crippen molar-refractivity contribution >= 4 is 34.9 Å². The number of hydrogen-bond acceptors (Lipinski definition) is 8. The number of benzene rings is 4. The number of fused-ring (bicyclic) bond motifs is 1. The highest BCUT2D eigenvalue weighted by Crippen LogP contribution is 2.37. The van der Waals surface area contributed by atoms with Crippen molar-refractivity contribution in [1.29, 1.82) is 0 Å². The van der Waals surface area contributed by atoms with Crippen molar-refractivity contribution in [3.05, 3.63) is 144 Å². The van der Waals surface area contributed by atoms with Crippen molar-refractivity contribution in [1.82, 2.24) is 45.4 Å². The van der Waals surface area contributed by atoms with Crippen LogP contribution in [0.1, 0.15) is 72.6 Å². The van der Waals surface area contributed by atoms with Gasteiger partial charge in [-0.25, -0.2) is 19.6 Å². The maximum absolute atomic E-state index is 14.0. The Morgan fingerprint density at radius 3 is 1.59 bits per heavy atom. The van der Waals surface area contributed by atoms with E-state index in [0.717, 1.165) is 70.4 Å². The molecule has 2 saturated heterocycles. The number of rotatable bonds is 11. The molecule has 2 aliphatic rings. The van der Waals surface area contributed by atoms with Crippen LogP contribution in [0.2, 0.25) is 0 Å². The summed E-state index contributed by atoms with van der Waals surface area (Å²) in [5.74, 6) is 0.928. The van der Waals surface area contributed by atoms with Gasteiger partial charge in [-0.2, -0.15) is 0 Å². The number of amides is 4. The number of H-pyrrole nitrogens is 3. The molecular formula is C48H47N9O6. The standard InChI is InChI=1S/C48H47N9O6/c1-62-47(60)54-41(29-12-5-3-6-13-29)45(58)56-22-10-18-39(56)43-49-27-37(52-43)32-17-9-16-31(24-32)35-25-33-20-21-34(26-36(33)51-35)38-28-50-44(53-38)40-19-11-23-57(40)46(59)42(55-48(61)63-2)30-14-7-4-8-15-30/h3-9,12-17,20-21,24-28,39-42,51H,10-11,18-19,22-23H2,1-2H3,(H,49,52)(H,50,53)(H,54,60)(H,55,61)/t39-,40-,41-,42+/m0/s1. The molecule has 2 fully saturated rings. The highest BCUT2D eigenvalue weighted by molar-refractivity contribution is 5.90. The fraction of sp³-hybridized carbons (Fsp3) is 0.250. The number of likely N-dealkylation sites (tertiary alicyclic amines) is 2. The van der Waals surface area contributed by atoms with Crippen LogP contribution < -0.4 is 10.6 Å². The number of carbonyl (C=O) groups is 4. The van der Waals surface area contributed by atoms with E-state index in [1.165, 1.54) is 14.2 Å². The second kappa shape index (κ2) is 17.7. The third-order valence-corrected chi connectivity index (χ3v) is 12.0. The van der Waals surface area contributed by atoms with Crippen LogP contribution in [-0.2, 0) is 19.1 Å². The molecule has 0 unspecified atom stereocenters. The third kappa shape index (κ3) is 8.37. The average molecular weight is 846 g/mol. The molecule has 2 aliphatic heterocycles. The predicted molar refractivity (Wildman–Crippen MR) is 236 cm³/mol. The van der Waals surface area contributed by atoms with Gasteiger partial charge in [0.1, 0.15) is 23.7 Å². The molecule has 15 heteroatoms. The lowest BCUT2D eigenvalue weighted by molar-refractivity contribution is -0.135. The third-order valence-electron chi connectivity index (χ3n) is 12.0. The summed E-state index contributed by atoms with van der Waals surface area (Å²) in [6.07, 6.45) is 5.33. The van der Waals surface area contributed by atoms with Crippen LogP contribution in [0, 0.1) is 0 Å². The highest BCUT2D eigenvalue weighted by Gasteiger charge is 2.38. The van der Waals surface area contributed by atoms with Crippen LogP contribution in [0.3, 0.4) is 0 Å². The number of alkyl carbamates (subject to hydrolysis) is 2. The number of imidazole rings is 2. The Hall–Kier alpha value is -7.68. The molecule has 0 bridgehead atoms. The van der Waals surface area contributed by atoms with Gasteiger partial charge < -0.3 is 44.9 Å². The predicted octanol–water partition coefficient (Wildman–Crippen LogP) is 8.14. The molecule has 320 valence electrons. The van der Waals surface area contributed by atoms with Gasteiger partial charge in [-0.05, 0) is 60.6 Å². The van der Waals surface area contributed by atoms with Crippen molar-refractivity contribution in [2.45, 2.75) is 49.9 Å². The maximum atomic E-state index is 14.0. The Morgan fingerprint density at radius 1 is 0.587 bits per heavy atom. The molecule has 4 aromatic carbocycles. The molecule has 63 heavy (non-hydrogen) atoms. The monoisotopic (exact) mass is 845 g/mol. The van der Waals surface area contributed by atoms with Crippen LogP contribution in [0.25, 0.3) is 44.7 Å². The zero-order valence-electron chi connectivity index (χ0n) is 34.8. The van der Waals surface area contributed by atoms with E-state index in [0.29, 0.717) is 35.9 Å². The number of carbonyl (C=O) groups excluding carboxylic acids is 4. The van der Waals surface area contributed by atoms with Gasteiger partial charge in [-0.3, -0.25) is 9.59 Å². The van der Waals surface area contributed by atoms with Gasteiger partial charge >= 0.3 is 12.2 Å². The SMILES string of the molecule is COC(=O)N[C@H](C(=O)N1CCC[C@H]1c1ncc(-c2cccc(-c3cc4ccc(-c5cnc([C@@H]6CCCN6C(=O)[C@H](NC(=O)OC)c6ccccc6)[nH]5)cc4[nH]3)c2)[nH]1)c1ccccc1. The fourth-order valence-corrected chi connectivity index (χ4v) is 8.79. The molecule has 15 nitrogen and oxygen atoms in total. The molecule has 4 atom stereocenters.